The van der Waals surface area contributed by atoms with E-state index < -0.39 is 11.9 Å². The molecule has 4 aromatic heterocycles. The molecule has 10 nitrogen and oxygen atoms in total. The van der Waals surface area contributed by atoms with E-state index in [1.807, 2.05) is 36.7 Å². The van der Waals surface area contributed by atoms with Crippen LogP contribution >= 0.6 is 47.0 Å². The molecule has 4 unspecified atom stereocenters. The lowest BCUT2D eigenvalue weighted by atomic mass is 10.2. The van der Waals surface area contributed by atoms with Crippen molar-refractivity contribution in [2.45, 2.75) is 19.7 Å². The average Bonchev–Trinajstić information content (AvgIpc) is 3.98. The zero-order valence-corrected chi connectivity index (χ0v) is 29.3. The van der Waals surface area contributed by atoms with Gasteiger partial charge in [-0.25, -0.2) is 9.59 Å². The zero-order chi connectivity index (χ0) is 34.2. The third kappa shape index (κ3) is 6.32. The SMILES string of the molecule is O=C(Oc1cn(C(=O)C2CSC(c3cccnc3)S2)c2ccccc12)C(=O)Oc1cn(C(=O)C2CSC(c3cccnc3)S2)c2ccccc12. The summed E-state index contributed by atoms with van der Waals surface area (Å²) in [6.45, 7) is 0. The Kier molecular flexibility index (Phi) is 9.17. The van der Waals surface area contributed by atoms with Gasteiger partial charge in [-0.1, -0.05) is 36.4 Å². The van der Waals surface area contributed by atoms with Gasteiger partial charge in [-0.15, -0.1) is 47.0 Å². The van der Waals surface area contributed by atoms with Crippen molar-refractivity contribution in [1.29, 1.82) is 0 Å². The second-order valence-electron chi connectivity index (χ2n) is 11.4. The molecular formula is C36H26N4O6S4. The fourth-order valence-electron chi connectivity index (χ4n) is 5.86. The molecule has 0 spiro atoms. The van der Waals surface area contributed by atoms with Crippen molar-refractivity contribution in [3.8, 4) is 11.5 Å². The number of esters is 2. The van der Waals surface area contributed by atoms with Crippen LogP contribution in [0.1, 0.15) is 29.9 Å². The van der Waals surface area contributed by atoms with E-state index in [1.165, 1.54) is 21.5 Å². The lowest BCUT2D eigenvalue weighted by Gasteiger charge is -2.11. The van der Waals surface area contributed by atoms with Gasteiger partial charge in [0.25, 0.3) is 0 Å². The number of nitrogens with zero attached hydrogens (tertiary/aromatic N) is 4. The summed E-state index contributed by atoms with van der Waals surface area (Å²) in [4.78, 5) is 62.2. The van der Waals surface area contributed by atoms with Crippen LogP contribution in [-0.4, -0.2) is 64.9 Å². The Hall–Kier alpha value is -4.50. The molecule has 2 aliphatic heterocycles. The van der Waals surface area contributed by atoms with Crippen LogP contribution in [0.15, 0.2) is 110 Å². The van der Waals surface area contributed by atoms with Crippen LogP contribution in [0.5, 0.6) is 11.5 Å². The fourth-order valence-corrected chi connectivity index (χ4v) is 12.2. The van der Waals surface area contributed by atoms with Gasteiger partial charge < -0.3 is 9.47 Å². The van der Waals surface area contributed by atoms with Crippen LogP contribution in [0.3, 0.4) is 0 Å². The molecule has 0 bridgehead atoms. The van der Waals surface area contributed by atoms with Gasteiger partial charge in [0.15, 0.2) is 11.5 Å². The van der Waals surface area contributed by atoms with Gasteiger partial charge in [0, 0.05) is 47.1 Å². The van der Waals surface area contributed by atoms with E-state index in [1.54, 1.807) is 108 Å². The monoisotopic (exact) mass is 738 g/mol. The third-order valence-corrected chi connectivity index (χ3v) is 14.8. The number of carbonyl (C=O) groups is 4. The second-order valence-corrected chi connectivity index (χ2v) is 16.9. The van der Waals surface area contributed by atoms with E-state index in [-0.39, 0.29) is 43.0 Å². The number of hydrogen-bond donors (Lipinski definition) is 0. The third-order valence-electron chi connectivity index (χ3n) is 8.24. The van der Waals surface area contributed by atoms with Gasteiger partial charge in [-0.3, -0.25) is 28.7 Å². The first-order valence-corrected chi connectivity index (χ1v) is 19.5. The summed E-state index contributed by atoms with van der Waals surface area (Å²) in [6.07, 6.45) is 9.94. The Morgan fingerprint density at radius 3 is 1.46 bits per heavy atom. The minimum atomic E-state index is -1.26. The summed E-state index contributed by atoms with van der Waals surface area (Å²) in [5.41, 5.74) is 3.20. The summed E-state index contributed by atoms with van der Waals surface area (Å²) >= 11 is 6.47. The van der Waals surface area contributed by atoms with Crippen molar-refractivity contribution in [2.24, 2.45) is 0 Å². The molecule has 0 N–H and O–H groups in total. The molecule has 4 atom stereocenters. The molecule has 50 heavy (non-hydrogen) atoms. The molecule has 2 fully saturated rings. The van der Waals surface area contributed by atoms with Crippen LogP contribution in [0.2, 0.25) is 0 Å². The minimum absolute atomic E-state index is 0.0619. The first-order chi connectivity index (χ1) is 24.4. The lowest BCUT2D eigenvalue weighted by Crippen LogP contribution is -2.26. The van der Waals surface area contributed by atoms with E-state index >= 15 is 0 Å². The van der Waals surface area contributed by atoms with Crippen molar-refractivity contribution in [3.63, 3.8) is 0 Å². The van der Waals surface area contributed by atoms with Crippen molar-refractivity contribution >= 4 is 92.6 Å². The molecule has 2 aromatic carbocycles. The number of pyridine rings is 2. The van der Waals surface area contributed by atoms with Crippen LogP contribution in [0.4, 0.5) is 0 Å². The highest BCUT2D eigenvalue weighted by Crippen LogP contribution is 2.51. The number of hydrogen-bond acceptors (Lipinski definition) is 12. The molecule has 2 saturated heterocycles. The average molecular weight is 739 g/mol. The highest BCUT2D eigenvalue weighted by molar-refractivity contribution is 8.20. The molecule has 8 rings (SSSR count). The van der Waals surface area contributed by atoms with Gasteiger partial charge in [-0.2, -0.15) is 0 Å². The molecule has 14 heteroatoms. The van der Waals surface area contributed by atoms with Crippen LogP contribution in [-0.2, 0) is 9.59 Å². The van der Waals surface area contributed by atoms with Crippen molar-refractivity contribution in [1.82, 2.24) is 19.1 Å². The normalized spacial score (nSPS) is 20.2. The van der Waals surface area contributed by atoms with Gasteiger partial charge in [0.2, 0.25) is 11.8 Å². The molecule has 0 saturated carbocycles. The number of benzene rings is 2. The van der Waals surface area contributed by atoms with Gasteiger partial charge >= 0.3 is 11.9 Å². The largest absolute Gasteiger partial charge is 0.423 e. The van der Waals surface area contributed by atoms with Crippen molar-refractivity contribution < 1.29 is 28.7 Å². The van der Waals surface area contributed by atoms with Crippen LogP contribution in [0, 0.1) is 0 Å². The maximum atomic E-state index is 13.7. The van der Waals surface area contributed by atoms with Crippen LogP contribution < -0.4 is 9.47 Å². The second kappa shape index (κ2) is 14.0. The molecule has 0 amide bonds. The maximum Gasteiger partial charge on any atom is 0.423 e. The summed E-state index contributed by atoms with van der Waals surface area (Å²) in [5.74, 6) is -1.48. The number of para-hydroxylation sites is 2. The molecule has 2 aliphatic rings. The van der Waals surface area contributed by atoms with Gasteiger partial charge in [-0.05, 0) is 47.5 Å². The van der Waals surface area contributed by atoms with Gasteiger partial charge in [0.05, 0.1) is 43.1 Å². The molecule has 250 valence electrons. The van der Waals surface area contributed by atoms with E-state index in [0.717, 1.165) is 11.1 Å². The number of carbonyl (C=O) groups excluding carboxylic acids is 4. The summed E-state index contributed by atoms with van der Waals surface area (Å²) in [5, 5.41) is 0.328. The number of ether oxygens (including phenoxy) is 2. The Labute approximate surface area is 302 Å². The van der Waals surface area contributed by atoms with Gasteiger partial charge in [0.1, 0.15) is 0 Å². The Bertz CT molecular complexity index is 2100. The number of thioether (sulfide) groups is 4. The predicted octanol–water partition coefficient (Wildman–Crippen LogP) is 7.27. The number of rotatable bonds is 6. The molecule has 0 aliphatic carbocycles. The fraction of sp³-hybridized carbons (Fsp3) is 0.167. The first kappa shape index (κ1) is 32.7. The standard InChI is InChI=1S/C36H26N4O6S4/c41-31(29-19-47-35(49-29)21-7-5-13-37-15-21)39-17-27(23-9-1-3-11-25(23)39)45-33(43)34(44)46-28-18-40(26-12-4-2-10-24(26)28)32(42)30-20-48-36(50-30)22-8-6-14-38-16-22/h1-18,29-30,35-36H,19-20H2. The Balaban J connectivity index is 0.984. The smallest absolute Gasteiger partial charge is 0.416 e. The van der Waals surface area contributed by atoms with Crippen LogP contribution in [0.25, 0.3) is 21.8 Å². The molecule has 0 radical (unpaired) electrons. The number of fused-ring (bicyclic) bond motifs is 2. The first-order valence-electron chi connectivity index (χ1n) is 15.5. The predicted molar refractivity (Wildman–Crippen MR) is 198 cm³/mol. The minimum Gasteiger partial charge on any atom is -0.416 e. The van der Waals surface area contributed by atoms with Crippen molar-refractivity contribution in [3.05, 3.63) is 121 Å². The lowest BCUT2D eigenvalue weighted by molar-refractivity contribution is -0.156. The maximum absolute atomic E-state index is 13.7. The summed E-state index contributed by atoms with van der Waals surface area (Å²) in [7, 11) is 0. The number of aromatic nitrogens is 4. The topological polar surface area (TPSA) is 122 Å². The highest BCUT2D eigenvalue weighted by Gasteiger charge is 2.36. The Morgan fingerprint density at radius 2 is 1.04 bits per heavy atom. The zero-order valence-electron chi connectivity index (χ0n) is 26.0. The van der Waals surface area contributed by atoms with E-state index in [9.17, 15) is 19.2 Å². The van der Waals surface area contributed by atoms with E-state index in [0.29, 0.717) is 33.3 Å². The molecule has 6 aromatic rings. The molecular weight excluding hydrogens is 713 g/mol. The van der Waals surface area contributed by atoms with E-state index in [2.05, 4.69) is 9.97 Å². The Morgan fingerprint density at radius 1 is 0.600 bits per heavy atom. The van der Waals surface area contributed by atoms with Crippen molar-refractivity contribution in [2.75, 3.05) is 11.5 Å². The summed E-state index contributed by atoms with van der Waals surface area (Å²) in [6, 6.07) is 21.8. The quantitative estimate of drug-likeness (QED) is 0.126. The van der Waals surface area contributed by atoms with E-state index in [4.69, 9.17) is 9.47 Å². The molecule has 6 heterocycles. The highest BCUT2D eigenvalue weighted by atomic mass is 32.2. The summed E-state index contributed by atoms with van der Waals surface area (Å²) < 4.78 is 14.2.